The second-order valence-electron chi connectivity index (χ2n) is 6.02. The van der Waals surface area contributed by atoms with Crippen molar-refractivity contribution in [3.05, 3.63) is 29.3 Å². The number of phenols is 1. The Hall–Kier alpha value is -1.39. The zero-order valence-corrected chi connectivity index (χ0v) is 11.1. The highest BCUT2D eigenvalue weighted by molar-refractivity contribution is 5.99. The Bertz CT molecular complexity index is 535. The molecule has 1 fully saturated rings. The van der Waals surface area contributed by atoms with Crippen LogP contribution in [0.15, 0.2) is 18.2 Å². The number of Topliss-reactive ketones (excluding diaryl/α,β-unsaturated/α-hetero) is 1. The van der Waals surface area contributed by atoms with Crippen LogP contribution in [-0.2, 0) is 4.74 Å². The maximum atomic E-state index is 12.1. The molecule has 1 saturated heterocycles. The number of benzene rings is 1. The average molecular weight is 262 g/mol. The predicted molar refractivity (Wildman–Crippen MR) is 69.1 cm³/mol. The highest BCUT2D eigenvalue weighted by Crippen LogP contribution is 2.49. The Balaban J connectivity index is 2.09. The van der Waals surface area contributed by atoms with Crippen LogP contribution in [0.3, 0.4) is 0 Å². The van der Waals surface area contributed by atoms with E-state index in [0.717, 1.165) is 0 Å². The molecular weight excluding hydrogens is 244 g/mol. The Morgan fingerprint density at radius 2 is 2.11 bits per heavy atom. The lowest BCUT2D eigenvalue weighted by atomic mass is 9.73. The van der Waals surface area contributed by atoms with Gasteiger partial charge in [-0.15, -0.1) is 0 Å². The van der Waals surface area contributed by atoms with Crippen LogP contribution < -0.4 is 0 Å². The number of ketones is 1. The van der Waals surface area contributed by atoms with Crippen molar-refractivity contribution in [2.24, 2.45) is 5.92 Å². The minimum atomic E-state index is -0.666. The van der Waals surface area contributed by atoms with Gasteiger partial charge in [0.2, 0.25) is 0 Å². The largest absolute Gasteiger partial charge is 0.508 e. The monoisotopic (exact) mass is 262 g/mol. The van der Waals surface area contributed by atoms with Crippen molar-refractivity contribution in [2.75, 3.05) is 0 Å². The summed E-state index contributed by atoms with van der Waals surface area (Å²) in [4.78, 5) is 12.1. The molecule has 0 saturated carbocycles. The first-order chi connectivity index (χ1) is 8.90. The third-order valence-corrected chi connectivity index (χ3v) is 4.30. The highest BCUT2D eigenvalue weighted by atomic mass is 16.5. The van der Waals surface area contributed by atoms with Crippen molar-refractivity contribution in [2.45, 2.75) is 44.5 Å². The number of aliphatic hydroxyl groups is 1. The number of phenolic OH excluding ortho intramolecular Hbond substituents is 1. The van der Waals surface area contributed by atoms with Crippen molar-refractivity contribution < 1.29 is 19.7 Å². The van der Waals surface area contributed by atoms with Crippen LogP contribution in [0.4, 0.5) is 0 Å². The summed E-state index contributed by atoms with van der Waals surface area (Å²) in [6, 6.07) is 4.99. The third kappa shape index (κ3) is 1.86. The molecule has 0 spiro atoms. The van der Waals surface area contributed by atoms with E-state index in [9.17, 15) is 15.0 Å². The van der Waals surface area contributed by atoms with Crippen LogP contribution in [0.25, 0.3) is 0 Å². The van der Waals surface area contributed by atoms with Gasteiger partial charge in [0.05, 0.1) is 17.8 Å². The molecule has 1 aliphatic heterocycles. The summed E-state index contributed by atoms with van der Waals surface area (Å²) >= 11 is 0. The lowest BCUT2D eigenvalue weighted by Gasteiger charge is -2.46. The molecule has 1 aliphatic carbocycles. The van der Waals surface area contributed by atoms with Gasteiger partial charge in [-0.1, -0.05) is 12.1 Å². The number of ether oxygens (including phenoxy) is 1. The van der Waals surface area contributed by atoms with Crippen LogP contribution in [-0.4, -0.2) is 27.7 Å². The van der Waals surface area contributed by atoms with Crippen LogP contribution >= 0.6 is 0 Å². The van der Waals surface area contributed by atoms with Crippen molar-refractivity contribution in [3.8, 4) is 5.75 Å². The molecule has 3 rings (SSSR count). The Labute approximate surface area is 112 Å². The number of aromatic hydroxyl groups is 1. The summed E-state index contributed by atoms with van der Waals surface area (Å²) < 4.78 is 5.98. The summed E-state index contributed by atoms with van der Waals surface area (Å²) in [6.45, 7) is 3.67. The molecule has 0 amide bonds. The molecule has 0 aromatic heterocycles. The van der Waals surface area contributed by atoms with Crippen LogP contribution in [0.5, 0.6) is 5.75 Å². The smallest absolute Gasteiger partial charge is 0.163 e. The number of fused-ring (bicyclic) bond motifs is 3. The molecule has 2 N–H and O–H groups in total. The van der Waals surface area contributed by atoms with E-state index in [0.29, 0.717) is 24.0 Å². The van der Waals surface area contributed by atoms with Gasteiger partial charge in [-0.05, 0) is 32.3 Å². The molecule has 0 bridgehead atoms. The van der Waals surface area contributed by atoms with E-state index in [2.05, 4.69) is 0 Å². The number of aliphatic hydroxyl groups excluding tert-OH is 1. The molecule has 1 heterocycles. The van der Waals surface area contributed by atoms with E-state index in [1.807, 2.05) is 13.8 Å². The summed E-state index contributed by atoms with van der Waals surface area (Å²) in [7, 11) is 0. The second kappa shape index (κ2) is 4.05. The van der Waals surface area contributed by atoms with Gasteiger partial charge in [-0.2, -0.15) is 0 Å². The normalized spacial score (nSPS) is 32.6. The van der Waals surface area contributed by atoms with Gasteiger partial charge in [0.1, 0.15) is 5.75 Å². The van der Waals surface area contributed by atoms with E-state index in [1.165, 1.54) is 0 Å². The Morgan fingerprint density at radius 1 is 1.37 bits per heavy atom. The van der Waals surface area contributed by atoms with Gasteiger partial charge in [0, 0.05) is 17.5 Å². The second-order valence-corrected chi connectivity index (χ2v) is 6.02. The Kier molecular flexibility index (Phi) is 2.69. The summed E-state index contributed by atoms with van der Waals surface area (Å²) in [5, 5.41) is 20.1. The van der Waals surface area contributed by atoms with E-state index in [4.69, 9.17) is 4.74 Å². The lowest BCUT2D eigenvalue weighted by Crippen LogP contribution is -2.49. The van der Waals surface area contributed by atoms with Crippen molar-refractivity contribution in [3.63, 3.8) is 0 Å². The first kappa shape index (κ1) is 12.6. The molecule has 4 heteroatoms. The van der Waals surface area contributed by atoms with E-state index in [-0.39, 0.29) is 23.6 Å². The van der Waals surface area contributed by atoms with E-state index >= 15 is 0 Å². The topological polar surface area (TPSA) is 66.8 Å². The molecule has 1 aromatic carbocycles. The first-order valence-corrected chi connectivity index (χ1v) is 6.61. The van der Waals surface area contributed by atoms with Gasteiger partial charge in [0.15, 0.2) is 5.78 Å². The fourth-order valence-electron chi connectivity index (χ4n) is 3.12. The minimum Gasteiger partial charge on any atom is -0.508 e. The molecule has 3 unspecified atom stereocenters. The zero-order chi connectivity index (χ0) is 13.8. The number of hydrogen-bond acceptors (Lipinski definition) is 4. The van der Waals surface area contributed by atoms with Gasteiger partial charge in [-0.3, -0.25) is 4.79 Å². The number of rotatable bonds is 0. The molecule has 102 valence electrons. The molecule has 2 aliphatic rings. The average Bonchev–Trinajstić information content (AvgIpc) is 2.32. The van der Waals surface area contributed by atoms with Gasteiger partial charge < -0.3 is 14.9 Å². The summed E-state index contributed by atoms with van der Waals surface area (Å²) in [5.41, 5.74) is 0.471. The highest BCUT2D eigenvalue weighted by Gasteiger charge is 2.47. The maximum Gasteiger partial charge on any atom is 0.163 e. The Morgan fingerprint density at radius 3 is 2.84 bits per heavy atom. The standard InChI is InChI=1S/C15H18O4/c1-15(2)12(18)7-8-6-11(17)9-4-3-5-10(16)13(9)14(8)19-15/h3-5,8,12,14,16,18H,6-7H2,1-2H3. The SMILES string of the molecule is CC1(C)OC2c3c(O)cccc3C(=O)CC2CC1O. The van der Waals surface area contributed by atoms with Crippen LogP contribution in [0.1, 0.15) is 48.7 Å². The predicted octanol–water partition coefficient (Wildman–Crippen LogP) is 2.20. The fourth-order valence-corrected chi connectivity index (χ4v) is 3.12. The number of carbonyl (C=O) groups is 1. The fraction of sp³-hybridized carbons (Fsp3) is 0.533. The third-order valence-electron chi connectivity index (χ3n) is 4.30. The van der Waals surface area contributed by atoms with E-state index in [1.54, 1.807) is 18.2 Å². The molecule has 1 aromatic rings. The van der Waals surface area contributed by atoms with Gasteiger partial charge in [-0.25, -0.2) is 0 Å². The summed E-state index contributed by atoms with van der Waals surface area (Å²) in [5.74, 6) is 0.0618. The minimum absolute atomic E-state index is 0.0163. The molecule has 19 heavy (non-hydrogen) atoms. The van der Waals surface area contributed by atoms with Gasteiger partial charge >= 0.3 is 0 Å². The van der Waals surface area contributed by atoms with Gasteiger partial charge in [0.25, 0.3) is 0 Å². The zero-order valence-electron chi connectivity index (χ0n) is 11.1. The lowest BCUT2D eigenvalue weighted by molar-refractivity contribution is -0.197. The number of carbonyl (C=O) groups excluding carboxylic acids is 1. The maximum absolute atomic E-state index is 12.1. The van der Waals surface area contributed by atoms with Crippen molar-refractivity contribution in [1.82, 2.24) is 0 Å². The molecule has 0 radical (unpaired) electrons. The quantitative estimate of drug-likeness (QED) is 0.752. The number of hydrogen-bond donors (Lipinski definition) is 2. The molecule has 3 atom stereocenters. The molecular formula is C15H18O4. The van der Waals surface area contributed by atoms with Crippen molar-refractivity contribution >= 4 is 5.78 Å². The molecule has 4 nitrogen and oxygen atoms in total. The summed E-state index contributed by atoms with van der Waals surface area (Å²) in [6.07, 6.45) is -0.00733. The first-order valence-electron chi connectivity index (χ1n) is 6.61. The van der Waals surface area contributed by atoms with E-state index < -0.39 is 11.7 Å². The van der Waals surface area contributed by atoms with Crippen molar-refractivity contribution in [1.29, 1.82) is 0 Å². The van der Waals surface area contributed by atoms with Crippen LogP contribution in [0, 0.1) is 5.92 Å². The van der Waals surface area contributed by atoms with Crippen LogP contribution in [0.2, 0.25) is 0 Å².